The summed E-state index contributed by atoms with van der Waals surface area (Å²) >= 11 is 7.45. The molecule has 0 aliphatic carbocycles. The lowest BCUT2D eigenvalue weighted by atomic mass is 10.1. The summed E-state index contributed by atoms with van der Waals surface area (Å²) in [5, 5.41) is 1.52. The van der Waals surface area contributed by atoms with Crippen LogP contribution in [-0.2, 0) is 4.79 Å². The van der Waals surface area contributed by atoms with Crippen LogP contribution in [0.15, 0.2) is 34.2 Å². The lowest BCUT2D eigenvalue weighted by molar-refractivity contribution is -0.113. The molecule has 3 nitrogen and oxygen atoms in total. The molecule has 3 rings (SSSR count). The van der Waals surface area contributed by atoms with E-state index < -0.39 is 0 Å². The van der Waals surface area contributed by atoms with Crippen molar-refractivity contribution in [1.29, 1.82) is 0 Å². The molecule has 1 aromatic rings. The van der Waals surface area contributed by atoms with Crippen LogP contribution in [0.1, 0.15) is 31.7 Å². The van der Waals surface area contributed by atoms with E-state index in [4.69, 9.17) is 11.6 Å². The van der Waals surface area contributed by atoms with E-state index in [0.29, 0.717) is 16.0 Å². The Bertz CT molecular complexity index is 626. The fourth-order valence-electron chi connectivity index (χ4n) is 2.65. The van der Waals surface area contributed by atoms with E-state index in [0.717, 1.165) is 17.3 Å². The second kappa shape index (κ2) is 6.24. The summed E-state index contributed by atoms with van der Waals surface area (Å²) < 4.78 is 0. The molecule has 110 valence electrons. The molecule has 2 heterocycles. The highest BCUT2D eigenvalue weighted by molar-refractivity contribution is 8.18. The third-order valence-corrected chi connectivity index (χ3v) is 5.06. The average molecular weight is 321 g/mol. The van der Waals surface area contributed by atoms with Crippen LogP contribution in [0.4, 0.5) is 0 Å². The molecule has 1 fully saturated rings. The van der Waals surface area contributed by atoms with Crippen LogP contribution >= 0.6 is 23.4 Å². The highest BCUT2D eigenvalue weighted by Gasteiger charge is 2.29. The highest BCUT2D eigenvalue weighted by atomic mass is 35.5. The van der Waals surface area contributed by atoms with Gasteiger partial charge in [0.2, 0.25) is 0 Å². The number of thioether (sulfide) groups is 1. The number of hydrogen-bond acceptors (Lipinski definition) is 3. The summed E-state index contributed by atoms with van der Waals surface area (Å²) in [6, 6.07) is 7.96. The summed E-state index contributed by atoms with van der Waals surface area (Å²) in [5.74, 6) is -0.146. The van der Waals surface area contributed by atoms with E-state index in [9.17, 15) is 4.79 Å². The van der Waals surface area contributed by atoms with Crippen molar-refractivity contribution in [1.82, 2.24) is 4.90 Å². The van der Waals surface area contributed by atoms with Gasteiger partial charge in [-0.2, -0.15) is 4.99 Å². The van der Waals surface area contributed by atoms with E-state index in [2.05, 4.69) is 16.8 Å². The van der Waals surface area contributed by atoms with Crippen molar-refractivity contribution in [3.05, 3.63) is 39.8 Å². The normalized spacial score (nSPS) is 24.6. The molecular weight excluding hydrogens is 304 g/mol. The van der Waals surface area contributed by atoms with E-state index in [1.54, 1.807) is 0 Å². The first kappa shape index (κ1) is 14.7. The predicted molar refractivity (Wildman–Crippen MR) is 89.5 cm³/mol. The molecule has 1 amide bonds. The third kappa shape index (κ3) is 3.33. The number of carbonyl (C=O) groups excluding carboxylic acids is 1. The monoisotopic (exact) mass is 320 g/mol. The first-order chi connectivity index (χ1) is 10.1. The zero-order valence-corrected chi connectivity index (χ0v) is 13.5. The van der Waals surface area contributed by atoms with E-state index in [1.165, 1.54) is 31.0 Å². The van der Waals surface area contributed by atoms with Crippen LogP contribution in [-0.4, -0.2) is 28.6 Å². The number of carbonyl (C=O) groups is 1. The lowest BCUT2D eigenvalue weighted by Gasteiger charge is -2.34. The Kier molecular flexibility index (Phi) is 4.36. The highest BCUT2D eigenvalue weighted by Crippen LogP contribution is 2.33. The maximum Gasteiger partial charge on any atom is 0.286 e. The van der Waals surface area contributed by atoms with Gasteiger partial charge in [0.05, 0.1) is 4.91 Å². The summed E-state index contributed by atoms with van der Waals surface area (Å²) in [6.07, 6.45) is 5.46. The molecule has 1 saturated heterocycles. The van der Waals surface area contributed by atoms with E-state index in [-0.39, 0.29) is 5.91 Å². The molecule has 0 aromatic heterocycles. The van der Waals surface area contributed by atoms with Crippen molar-refractivity contribution in [3.8, 4) is 0 Å². The number of aliphatic imine (C=N–C) groups is 1. The Hall–Kier alpha value is -1.26. The van der Waals surface area contributed by atoms with Crippen LogP contribution in [0.5, 0.6) is 0 Å². The van der Waals surface area contributed by atoms with Crippen LogP contribution in [0.25, 0.3) is 6.08 Å². The molecule has 0 saturated carbocycles. The van der Waals surface area contributed by atoms with Crippen molar-refractivity contribution in [2.45, 2.75) is 32.2 Å². The van der Waals surface area contributed by atoms with Gasteiger partial charge in [0, 0.05) is 17.6 Å². The minimum Gasteiger partial charge on any atom is -0.348 e. The van der Waals surface area contributed by atoms with Gasteiger partial charge < -0.3 is 4.90 Å². The Labute approximate surface area is 134 Å². The van der Waals surface area contributed by atoms with Crippen molar-refractivity contribution < 1.29 is 4.79 Å². The van der Waals surface area contributed by atoms with Crippen LogP contribution in [0.3, 0.4) is 0 Å². The Morgan fingerprint density at radius 3 is 3.05 bits per heavy atom. The van der Waals surface area contributed by atoms with E-state index in [1.807, 2.05) is 30.3 Å². The van der Waals surface area contributed by atoms with Gasteiger partial charge in [-0.3, -0.25) is 4.79 Å². The maximum atomic E-state index is 12.1. The van der Waals surface area contributed by atoms with Gasteiger partial charge >= 0.3 is 0 Å². The summed E-state index contributed by atoms with van der Waals surface area (Å²) in [4.78, 5) is 19.2. The Balaban J connectivity index is 1.78. The summed E-state index contributed by atoms with van der Waals surface area (Å²) in [7, 11) is 0. The second-order valence-corrected chi connectivity index (χ2v) is 6.85. The number of hydrogen-bond donors (Lipinski definition) is 0. The minimum atomic E-state index is -0.146. The molecular formula is C16H17ClN2OS. The summed E-state index contributed by atoms with van der Waals surface area (Å²) in [6.45, 7) is 3.19. The molecule has 2 aliphatic rings. The van der Waals surface area contributed by atoms with Gasteiger partial charge in [-0.25, -0.2) is 0 Å². The number of piperidine rings is 1. The second-order valence-electron chi connectivity index (χ2n) is 5.40. The smallest absolute Gasteiger partial charge is 0.286 e. The predicted octanol–water partition coefficient (Wildman–Crippen LogP) is 4.18. The van der Waals surface area contributed by atoms with Gasteiger partial charge in [-0.1, -0.05) is 23.7 Å². The van der Waals surface area contributed by atoms with Crippen LogP contribution in [0.2, 0.25) is 5.02 Å². The Morgan fingerprint density at radius 2 is 2.29 bits per heavy atom. The topological polar surface area (TPSA) is 32.7 Å². The molecule has 0 radical (unpaired) electrons. The number of halogens is 1. The van der Waals surface area contributed by atoms with Crippen molar-refractivity contribution in [2.24, 2.45) is 4.99 Å². The van der Waals surface area contributed by atoms with Gasteiger partial charge in [-0.15, -0.1) is 0 Å². The van der Waals surface area contributed by atoms with Gasteiger partial charge in [0.1, 0.15) is 0 Å². The van der Waals surface area contributed by atoms with Crippen molar-refractivity contribution >= 4 is 40.5 Å². The molecule has 0 N–H and O–H groups in total. The van der Waals surface area contributed by atoms with Crippen molar-refractivity contribution in [3.63, 3.8) is 0 Å². The first-order valence-corrected chi connectivity index (χ1v) is 8.38. The number of rotatable bonds is 1. The average Bonchev–Trinajstić information content (AvgIpc) is 2.80. The molecule has 0 bridgehead atoms. The number of benzene rings is 1. The Morgan fingerprint density at radius 1 is 1.43 bits per heavy atom. The molecule has 1 aromatic carbocycles. The zero-order chi connectivity index (χ0) is 14.8. The third-order valence-electron chi connectivity index (χ3n) is 3.80. The first-order valence-electron chi connectivity index (χ1n) is 7.18. The van der Waals surface area contributed by atoms with Crippen LogP contribution < -0.4 is 0 Å². The molecule has 5 heteroatoms. The van der Waals surface area contributed by atoms with Crippen molar-refractivity contribution in [2.75, 3.05) is 6.54 Å². The fraction of sp³-hybridized carbons (Fsp3) is 0.375. The molecule has 21 heavy (non-hydrogen) atoms. The number of nitrogens with zero attached hydrogens (tertiary/aromatic N) is 2. The lowest BCUT2D eigenvalue weighted by Crippen LogP contribution is -2.40. The molecule has 0 spiro atoms. The number of likely N-dealkylation sites (tertiary alicyclic amines) is 1. The quantitative estimate of drug-likeness (QED) is 0.727. The molecule has 2 aliphatic heterocycles. The van der Waals surface area contributed by atoms with Gasteiger partial charge in [0.15, 0.2) is 5.17 Å². The van der Waals surface area contributed by atoms with Gasteiger partial charge in [0.25, 0.3) is 5.91 Å². The molecule has 0 unspecified atom stereocenters. The number of amides is 1. The minimum absolute atomic E-state index is 0.146. The molecule has 1 atom stereocenters. The van der Waals surface area contributed by atoms with Gasteiger partial charge in [-0.05, 0) is 61.7 Å². The zero-order valence-electron chi connectivity index (χ0n) is 11.9. The SMILES string of the molecule is C[C@H]1CCCCN1C1=NC(=O)/C(=C\c2cccc(Cl)c2)S1. The largest absolute Gasteiger partial charge is 0.348 e. The fourth-order valence-corrected chi connectivity index (χ4v) is 3.89. The summed E-state index contributed by atoms with van der Waals surface area (Å²) in [5.41, 5.74) is 0.932. The van der Waals surface area contributed by atoms with Crippen LogP contribution in [0, 0.1) is 0 Å². The maximum absolute atomic E-state index is 12.1. The number of amidine groups is 1. The standard InChI is InChI=1S/C16H17ClN2OS/c1-11-5-2-3-8-19(11)16-18-15(20)14(21-16)10-12-6-4-7-13(17)9-12/h4,6-7,9-11H,2-3,5,8H2,1H3/b14-10+/t11-/m0/s1. The van der Waals surface area contributed by atoms with E-state index >= 15 is 0 Å².